The number of rotatable bonds is 3. The first kappa shape index (κ1) is 14.2. The van der Waals surface area contributed by atoms with Crippen molar-refractivity contribution in [2.24, 2.45) is 5.84 Å². The Bertz CT molecular complexity index is 508. The molecule has 1 amide bonds. The van der Waals surface area contributed by atoms with Crippen LogP contribution < -0.4 is 16.6 Å². The fourth-order valence-electron chi connectivity index (χ4n) is 3.54. The van der Waals surface area contributed by atoms with Gasteiger partial charge in [0.25, 0.3) is 5.91 Å². The number of hydrogen-bond donors (Lipinski definition) is 3. The van der Waals surface area contributed by atoms with E-state index in [-0.39, 0.29) is 11.9 Å². The third-order valence-corrected chi connectivity index (χ3v) is 4.69. The van der Waals surface area contributed by atoms with Gasteiger partial charge in [-0.3, -0.25) is 9.78 Å². The summed E-state index contributed by atoms with van der Waals surface area (Å²) in [5.74, 6) is 5.51. The van der Waals surface area contributed by atoms with Gasteiger partial charge in [-0.2, -0.15) is 0 Å². The van der Waals surface area contributed by atoms with E-state index < -0.39 is 0 Å². The zero-order chi connectivity index (χ0) is 14.8. The van der Waals surface area contributed by atoms with Crippen LogP contribution in [0.25, 0.3) is 0 Å². The largest absolute Gasteiger partial charge is 0.348 e. The van der Waals surface area contributed by atoms with Gasteiger partial charge in [-0.15, -0.1) is 0 Å². The third-order valence-electron chi connectivity index (χ3n) is 4.69. The van der Waals surface area contributed by atoms with Gasteiger partial charge >= 0.3 is 0 Å². The Morgan fingerprint density at radius 2 is 2.05 bits per heavy atom. The second-order valence-corrected chi connectivity index (χ2v) is 5.98. The molecule has 1 aromatic heterocycles. The maximum absolute atomic E-state index is 12.3. The van der Waals surface area contributed by atoms with E-state index in [0.29, 0.717) is 23.6 Å². The maximum Gasteiger partial charge on any atom is 0.271 e. The number of anilines is 1. The number of hydrogen-bond acceptors (Lipinski definition) is 6. The Labute approximate surface area is 124 Å². The highest BCUT2D eigenvalue weighted by Gasteiger charge is 2.36. The molecule has 2 fully saturated rings. The normalized spacial score (nSPS) is 29.0. The molecular weight excluding hydrogens is 268 g/mol. The van der Waals surface area contributed by atoms with E-state index >= 15 is 0 Å². The molecule has 114 valence electrons. The second-order valence-electron chi connectivity index (χ2n) is 5.98. The molecule has 0 aliphatic carbocycles. The molecule has 2 unspecified atom stereocenters. The maximum atomic E-state index is 12.3. The molecule has 0 saturated carbocycles. The molecule has 2 bridgehead atoms. The van der Waals surface area contributed by atoms with Crippen molar-refractivity contribution in [3.63, 3.8) is 0 Å². The average molecular weight is 290 g/mol. The van der Waals surface area contributed by atoms with Crippen molar-refractivity contribution in [3.8, 4) is 0 Å². The fraction of sp³-hybridized carbons (Fsp3) is 0.643. The van der Waals surface area contributed by atoms with E-state index in [2.05, 4.69) is 32.7 Å². The molecule has 21 heavy (non-hydrogen) atoms. The van der Waals surface area contributed by atoms with Crippen LogP contribution in [0.3, 0.4) is 0 Å². The predicted octanol–water partition coefficient (Wildman–Crippen LogP) is 0.507. The van der Waals surface area contributed by atoms with Gasteiger partial charge < -0.3 is 15.6 Å². The smallest absolute Gasteiger partial charge is 0.271 e. The molecule has 2 aliphatic heterocycles. The number of nitrogens with two attached hydrogens (primary N) is 1. The molecule has 2 aliphatic rings. The number of amides is 1. The molecule has 2 saturated heterocycles. The van der Waals surface area contributed by atoms with Crippen LogP contribution in [0.15, 0.2) is 12.4 Å². The van der Waals surface area contributed by atoms with Crippen molar-refractivity contribution in [2.75, 3.05) is 12.5 Å². The van der Waals surface area contributed by atoms with Crippen molar-refractivity contribution in [1.29, 1.82) is 0 Å². The second kappa shape index (κ2) is 5.95. The Morgan fingerprint density at radius 3 is 2.71 bits per heavy atom. The standard InChI is InChI=1S/C14H22N6O/c1-20-10-3-2-4-11(20)6-9(5-10)17-14(21)12-7-16-8-13(18-12)19-15/h7-11H,2-6,15H2,1H3,(H,17,21)(H,18,19). The summed E-state index contributed by atoms with van der Waals surface area (Å²) in [6.07, 6.45) is 8.73. The van der Waals surface area contributed by atoms with Crippen LogP contribution in [0.1, 0.15) is 42.6 Å². The van der Waals surface area contributed by atoms with E-state index in [1.165, 1.54) is 31.7 Å². The lowest BCUT2D eigenvalue weighted by Gasteiger charge is -2.47. The molecule has 7 heteroatoms. The highest BCUT2D eigenvalue weighted by atomic mass is 16.2. The summed E-state index contributed by atoms with van der Waals surface area (Å²) in [5, 5.41) is 3.10. The van der Waals surface area contributed by atoms with Crippen LogP contribution in [-0.4, -0.2) is 45.9 Å². The van der Waals surface area contributed by atoms with Crippen LogP contribution >= 0.6 is 0 Å². The summed E-state index contributed by atoms with van der Waals surface area (Å²) in [5.41, 5.74) is 2.70. The lowest BCUT2D eigenvalue weighted by atomic mass is 9.82. The number of nitrogens with zero attached hydrogens (tertiary/aromatic N) is 3. The third kappa shape index (κ3) is 2.98. The zero-order valence-corrected chi connectivity index (χ0v) is 12.2. The number of hydrazine groups is 1. The van der Waals surface area contributed by atoms with Crippen LogP contribution in [0, 0.1) is 0 Å². The summed E-state index contributed by atoms with van der Waals surface area (Å²) in [6, 6.07) is 1.40. The van der Waals surface area contributed by atoms with Crippen LogP contribution in [0.5, 0.6) is 0 Å². The van der Waals surface area contributed by atoms with Crippen molar-refractivity contribution in [1.82, 2.24) is 20.2 Å². The van der Waals surface area contributed by atoms with Crippen molar-refractivity contribution >= 4 is 11.7 Å². The molecule has 3 heterocycles. The first-order valence-corrected chi connectivity index (χ1v) is 7.49. The SMILES string of the molecule is CN1C2CCCC1CC(NC(=O)c1cncc(NN)n1)C2. The number of nitrogens with one attached hydrogen (secondary N) is 2. The summed E-state index contributed by atoms with van der Waals surface area (Å²) in [6.45, 7) is 0. The Kier molecular flexibility index (Phi) is 4.03. The molecule has 2 atom stereocenters. The number of carbonyl (C=O) groups excluding carboxylic acids is 1. The van der Waals surface area contributed by atoms with Crippen molar-refractivity contribution < 1.29 is 4.79 Å². The van der Waals surface area contributed by atoms with Gasteiger partial charge in [-0.25, -0.2) is 10.8 Å². The van der Waals surface area contributed by atoms with E-state index in [1.54, 1.807) is 0 Å². The molecule has 1 aromatic rings. The van der Waals surface area contributed by atoms with Gasteiger partial charge in [0.1, 0.15) is 5.69 Å². The van der Waals surface area contributed by atoms with E-state index in [9.17, 15) is 4.79 Å². The van der Waals surface area contributed by atoms with Crippen LogP contribution in [0.4, 0.5) is 5.82 Å². The average Bonchev–Trinajstić information content (AvgIpc) is 2.48. The molecule has 0 spiro atoms. The van der Waals surface area contributed by atoms with Crippen LogP contribution in [-0.2, 0) is 0 Å². The predicted molar refractivity (Wildman–Crippen MR) is 79.5 cm³/mol. The first-order chi connectivity index (χ1) is 10.2. The van der Waals surface area contributed by atoms with Gasteiger partial charge in [-0.1, -0.05) is 6.42 Å². The highest BCUT2D eigenvalue weighted by molar-refractivity contribution is 5.92. The monoisotopic (exact) mass is 290 g/mol. The van der Waals surface area contributed by atoms with Gasteiger partial charge in [0.15, 0.2) is 5.82 Å². The molecule has 0 aromatic carbocycles. The number of nitrogen functional groups attached to an aromatic ring is 1. The van der Waals surface area contributed by atoms with Crippen LogP contribution in [0.2, 0.25) is 0 Å². The van der Waals surface area contributed by atoms with Crippen molar-refractivity contribution in [3.05, 3.63) is 18.1 Å². The zero-order valence-electron chi connectivity index (χ0n) is 12.2. The van der Waals surface area contributed by atoms with Gasteiger partial charge in [-0.05, 0) is 32.7 Å². The highest BCUT2D eigenvalue weighted by Crippen LogP contribution is 2.32. The molecule has 3 rings (SSSR count). The molecule has 0 radical (unpaired) electrons. The number of carbonyl (C=O) groups is 1. The quantitative estimate of drug-likeness (QED) is 0.554. The summed E-state index contributed by atoms with van der Waals surface area (Å²) >= 11 is 0. The molecule has 7 nitrogen and oxygen atoms in total. The van der Waals surface area contributed by atoms with Gasteiger partial charge in [0.05, 0.1) is 12.4 Å². The Morgan fingerprint density at radius 1 is 1.33 bits per heavy atom. The molecular formula is C14H22N6O. The first-order valence-electron chi connectivity index (χ1n) is 7.49. The minimum absolute atomic E-state index is 0.174. The summed E-state index contributed by atoms with van der Waals surface area (Å²) in [4.78, 5) is 22.9. The Balaban J connectivity index is 1.65. The lowest BCUT2D eigenvalue weighted by molar-refractivity contribution is 0.0462. The van der Waals surface area contributed by atoms with Gasteiger partial charge in [0, 0.05) is 18.1 Å². The van der Waals surface area contributed by atoms with E-state index in [4.69, 9.17) is 5.84 Å². The van der Waals surface area contributed by atoms with Gasteiger partial charge in [0.2, 0.25) is 0 Å². The summed E-state index contributed by atoms with van der Waals surface area (Å²) in [7, 11) is 2.20. The van der Waals surface area contributed by atoms with E-state index in [0.717, 1.165) is 12.8 Å². The summed E-state index contributed by atoms with van der Waals surface area (Å²) < 4.78 is 0. The van der Waals surface area contributed by atoms with Crippen molar-refractivity contribution in [2.45, 2.75) is 50.2 Å². The fourth-order valence-corrected chi connectivity index (χ4v) is 3.54. The Hall–Kier alpha value is -1.73. The number of piperidine rings is 2. The minimum atomic E-state index is -0.174. The minimum Gasteiger partial charge on any atom is -0.348 e. The topological polar surface area (TPSA) is 96.2 Å². The number of fused-ring (bicyclic) bond motifs is 2. The number of aromatic nitrogens is 2. The lowest BCUT2D eigenvalue weighted by Crippen LogP contribution is -2.55. The van der Waals surface area contributed by atoms with E-state index in [1.807, 2.05) is 0 Å². The molecule has 4 N–H and O–H groups in total.